The molecule has 0 spiro atoms. The number of hydrogen-bond donors (Lipinski definition) is 2. The Morgan fingerprint density at radius 2 is 1.75 bits per heavy atom. The van der Waals surface area contributed by atoms with Crippen molar-refractivity contribution in [2.45, 2.75) is 43.9 Å². The Balaban J connectivity index is 1.61. The lowest BCUT2D eigenvalue weighted by Gasteiger charge is -2.49. The highest BCUT2D eigenvalue weighted by atomic mass is 16.8. The number of carboxylic acid groups (broad SMARTS) is 1. The van der Waals surface area contributed by atoms with E-state index in [4.69, 9.17) is 23.7 Å². The summed E-state index contributed by atoms with van der Waals surface area (Å²) >= 11 is 0. The Morgan fingerprint density at radius 3 is 2.41 bits per heavy atom. The third-order valence-electron chi connectivity index (χ3n) is 5.18. The van der Waals surface area contributed by atoms with Crippen LogP contribution in [-0.4, -0.2) is 60.8 Å². The number of para-hydroxylation sites is 1. The first kappa shape index (κ1) is 22.2. The average Bonchev–Trinajstić information content (AvgIpc) is 2.79. The Bertz CT molecular complexity index is 909. The number of hydrogen-bond acceptors (Lipinski definition) is 7. The van der Waals surface area contributed by atoms with E-state index in [1.54, 1.807) is 12.1 Å². The zero-order valence-corrected chi connectivity index (χ0v) is 17.5. The van der Waals surface area contributed by atoms with Gasteiger partial charge in [0.15, 0.2) is 6.29 Å². The first-order valence-corrected chi connectivity index (χ1v) is 10.3. The lowest BCUT2D eigenvalue weighted by molar-refractivity contribution is -0.337. The Kier molecular flexibility index (Phi) is 7.01. The zero-order chi connectivity index (χ0) is 22.5. The number of carbonyl (C=O) groups excluding carboxylic acids is 1. The van der Waals surface area contributed by atoms with Gasteiger partial charge in [0.2, 0.25) is 12.2 Å². The Labute approximate surface area is 185 Å². The van der Waals surface area contributed by atoms with Gasteiger partial charge in [-0.3, -0.25) is 4.79 Å². The molecule has 0 saturated carbocycles. The molecule has 2 aromatic rings. The second-order valence-corrected chi connectivity index (χ2v) is 7.55. The average molecular weight is 443 g/mol. The molecule has 2 saturated heterocycles. The molecule has 0 bridgehead atoms. The standard InChI is InChI=1S/C23H25NO8/c1-14(25)24-19-21(28-13-18(26)27)20-17(31-23(19)30-16-10-6-3-7-11-16)12-29-22(32-20)15-8-4-2-5-9-15/h2-11,17,19-23H,12-13H2,1H3,(H,24,25)(H,26,27)/t17-,19+,20+,21-,22+,23+/m1/s1. The maximum atomic E-state index is 12.0. The van der Waals surface area contributed by atoms with E-state index in [2.05, 4.69) is 5.32 Å². The molecule has 4 rings (SSSR count). The van der Waals surface area contributed by atoms with Crippen LogP contribution in [0.1, 0.15) is 18.8 Å². The SMILES string of the molecule is CC(=O)N[C@@H]1[C@@H](Oc2ccccc2)O[C@@H]2CO[C@H](c3ccccc3)O[C@@H]2[C@@H]1OCC(=O)O. The summed E-state index contributed by atoms with van der Waals surface area (Å²) in [6.45, 7) is 0.971. The van der Waals surface area contributed by atoms with Crippen LogP contribution in [0.3, 0.4) is 0 Å². The van der Waals surface area contributed by atoms with Gasteiger partial charge in [-0.2, -0.15) is 0 Å². The second kappa shape index (κ2) is 10.1. The van der Waals surface area contributed by atoms with Gasteiger partial charge in [-0.1, -0.05) is 48.5 Å². The second-order valence-electron chi connectivity index (χ2n) is 7.55. The fraction of sp³-hybridized carbons (Fsp3) is 0.391. The molecule has 32 heavy (non-hydrogen) atoms. The van der Waals surface area contributed by atoms with Crippen molar-refractivity contribution in [2.24, 2.45) is 0 Å². The van der Waals surface area contributed by atoms with Crippen molar-refractivity contribution in [3.05, 3.63) is 66.2 Å². The molecular formula is C23H25NO8. The summed E-state index contributed by atoms with van der Waals surface area (Å²) in [5.74, 6) is -0.945. The van der Waals surface area contributed by atoms with Crippen molar-refractivity contribution in [2.75, 3.05) is 13.2 Å². The van der Waals surface area contributed by atoms with Gasteiger partial charge in [0.05, 0.1) is 6.61 Å². The predicted octanol–water partition coefficient (Wildman–Crippen LogP) is 1.88. The molecule has 2 aromatic carbocycles. The van der Waals surface area contributed by atoms with E-state index in [0.29, 0.717) is 5.75 Å². The van der Waals surface area contributed by atoms with Gasteiger partial charge in [-0.25, -0.2) is 4.79 Å². The summed E-state index contributed by atoms with van der Waals surface area (Å²) < 4.78 is 29.9. The van der Waals surface area contributed by atoms with E-state index in [0.717, 1.165) is 5.56 Å². The molecule has 0 radical (unpaired) electrons. The summed E-state index contributed by atoms with van der Waals surface area (Å²) in [6.07, 6.45) is -3.76. The molecule has 9 nitrogen and oxygen atoms in total. The minimum Gasteiger partial charge on any atom is -0.480 e. The van der Waals surface area contributed by atoms with Crippen molar-refractivity contribution in [3.8, 4) is 5.75 Å². The smallest absolute Gasteiger partial charge is 0.329 e. The highest BCUT2D eigenvalue weighted by molar-refractivity contribution is 5.73. The molecule has 2 aliphatic heterocycles. The highest BCUT2D eigenvalue weighted by Gasteiger charge is 2.52. The van der Waals surface area contributed by atoms with Crippen LogP contribution in [0.2, 0.25) is 0 Å². The summed E-state index contributed by atoms with van der Waals surface area (Å²) in [4.78, 5) is 23.2. The van der Waals surface area contributed by atoms with Gasteiger partial charge < -0.3 is 34.1 Å². The number of amides is 1. The van der Waals surface area contributed by atoms with E-state index in [1.165, 1.54) is 6.92 Å². The van der Waals surface area contributed by atoms with Crippen molar-refractivity contribution in [3.63, 3.8) is 0 Å². The fourth-order valence-electron chi connectivity index (χ4n) is 3.84. The van der Waals surface area contributed by atoms with Crippen LogP contribution in [0.25, 0.3) is 0 Å². The molecule has 2 fully saturated rings. The van der Waals surface area contributed by atoms with Crippen LogP contribution < -0.4 is 10.1 Å². The molecule has 0 unspecified atom stereocenters. The van der Waals surface area contributed by atoms with Gasteiger partial charge in [0.1, 0.15) is 36.7 Å². The molecule has 0 aromatic heterocycles. The number of carboxylic acids is 1. The molecule has 2 aliphatic rings. The van der Waals surface area contributed by atoms with Crippen LogP contribution in [0.15, 0.2) is 60.7 Å². The third kappa shape index (κ3) is 5.25. The van der Waals surface area contributed by atoms with Crippen LogP contribution >= 0.6 is 0 Å². The molecule has 9 heteroatoms. The maximum Gasteiger partial charge on any atom is 0.329 e. The number of aliphatic carboxylic acids is 1. The summed E-state index contributed by atoms with van der Waals surface area (Å²) in [6, 6.07) is 17.5. The molecule has 1 amide bonds. The summed E-state index contributed by atoms with van der Waals surface area (Å²) in [5, 5.41) is 12.0. The molecule has 170 valence electrons. The maximum absolute atomic E-state index is 12.0. The Morgan fingerprint density at radius 1 is 1.06 bits per heavy atom. The fourth-order valence-corrected chi connectivity index (χ4v) is 3.84. The number of ether oxygens (including phenoxy) is 5. The van der Waals surface area contributed by atoms with E-state index >= 15 is 0 Å². The first-order valence-electron chi connectivity index (χ1n) is 10.3. The molecule has 2 N–H and O–H groups in total. The number of carbonyl (C=O) groups is 2. The Hall–Kier alpha value is -2.98. The zero-order valence-electron chi connectivity index (χ0n) is 17.5. The highest BCUT2D eigenvalue weighted by Crippen LogP contribution is 2.36. The molecular weight excluding hydrogens is 418 g/mol. The largest absolute Gasteiger partial charge is 0.480 e. The number of fused-ring (bicyclic) bond motifs is 1. The molecule has 0 aliphatic carbocycles. The van der Waals surface area contributed by atoms with E-state index in [9.17, 15) is 14.7 Å². The van der Waals surface area contributed by atoms with Crippen molar-refractivity contribution < 1.29 is 38.4 Å². The van der Waals surface area contributed by atoms with Gasteiger partial charge in [0, 0.05) is 12.5 Å². The van der Waals surface area contributed by atoms with Gasteiger partial charge in [-0.05, 0) is 12.1 Å². The quantitative estimate of drug-likeness (QED) is 0.667. The number of nitrogens with one attached hydrogen (secondary N) is 1. The van der Waals surface area contributed by atoms with Gasteiger partial charge >= 0.3 is 5.97 Å². The lowest BCUT2D eigenvalue weighted by Crippen LogP contribution is -2.68. The molecule has 6 atom stereocenters. The first-order chi connectivity index (χ1) is 15.5. The summed E-state index contributed by atoms with van der Waals surface area (Å²) in [7, 11) is 0. The van der Waals surface area contributed by atoms with E-state index < -0.39 is 49.5 Å². The van der Waals surface area contributed by atoms with Gasteiger partial charge in [0.25, 0.3) is 0 Å². The van der Waals surface area contributed by atoms with Crippen molar-refractivity contribution >= 4 is 11.9 Å². The van der Waals surface area contributed by atoms with Crippen LogP contribution in [0.4, 0.5) is 0 Å². The normalized spacial score (nSPS) is 29.5. The molecule has 2 heterocycles. The predicted molar refractivity (Wildman–Crippen MR) is 111 cm³/mol. The number of benzene rings is 2. The number of rotatable bonds is 7. The van der Waals surface area contributed by atoms with E-state index in [-0.39, 0.29) is 12.5 Å². The van der Waals surface area contributed by atoms with E-state index in [1.807, 2.05) is 48.5 Å². The lowest BCUT2D eigenvalue weighted by atomic mass is 9.95. The van der Waals surface area contributed by atoms with Crippen LogP contribution in [0.5, 0.6) is 5.75 Å². The topological polar surface area (TPSA) is 113 Å². The minimum atomic E-state index is -1.14. The summed E-state index contributed by atoms with van der Waals surface area (Å²) in [5.41, 5.74) is 0.807. The monoisotopic (exact) mass is 443 g/mol. The van der Waals surface area contributed by atoms with Crippen molar-refractivity contribution in [1.82, 2.24) is 5.32 Å². The van der Waals surface area contributed by atoms with Crippen LogP contribution in [0, 0.1) is 0 Å². The van der Waals surface area contributed by atoms with Crippen molar-refractivity contribution in [1.29, 1.82) is 0 Å². The van der Waals surface area contributed by atoms with Crippen LogP contribution in [-0.2, 0) is 28.5 Å². The van der Waals surface area contributed by atoms with Gasteiger partial charge in [-0.15, -0.1) is 0 Å². The third-order valence-corrected chi connectivity index (χ3v) is 5.18. The minimum absolute atomic E-state index is 0.179.